The smallest absolute Gasteiger partial charge is 0.191 e. The highest BCUT2D eigenvalue weighted by Gasteiger charge is 2.07. The summed E-state index contributed by atoms with van der Waals surface area (Å²) in [6, 6.07) is 7.17. The van der Waals surface area contributed by atoms with Crippen molar-refractivity contribution in [3.05, 3.63) is 34.9 Å². The van der Waals surface area contributed by atoms with Crippen molar-refractivity contribution < 1.29 is 5.11 Å². The van der Waals surface area contributed by atoms with Crippen LogP contribution in [0.25, 0.3) is 0 Å². The molecule has 0 aliphatic carbocycles. The normalized spacial score (nSPS) is 12.5. The van der Waals surface area contributed by atoms with Gasteiger partial charge in [-0.2, -0.15) is 0 Å². The third-order valence-corrected chi connectivity index (χ3v) is 2.82. The first-order valence-electron chi connectivity index (χ1n) is 6.63. The maximum absolute atomic E-state index is 10.0. The van der Waals surface area contributed by atoms with Gasteiger partial charge in [-0.15, -0.1) is 24.0 Å². The van der Waals surface area contributed by atoms with Gasteiger partial charge < -0.3 is 15.7 Å². The monoisotopic (exact) mass is 411 g/mol. The molecule has 0 spiro atoms. The van der Waals surface area contributed by atoms with Crippen LogP contribution in [0.3, 0.4) is 0 Å². The quantitative estimate of drug-likeness (QED) is 0.383. The molecule has 1 rings (SSSR count). The lowest BCUT2D eigenvalue weighted by molar-refractivity contribution is 0.187. The minimum absolute atomic E-state index is 0. The zero-order valence-corrected chi connectivity index (χ0v) is 15.0. The Kier molecular flexibility index (Phi) is 10.9. The van der Waals surface area contributed by atoms with Crippen LogP contribution in [-0.2, 0) is 0 Å². The van der Waals surface area contributed by atoms with E-state index >= 15 is 0 Å². The van der Waals surface area contributed by atoms with Gasteiger partial charge in [0, 0.05) is 18.1 Å². The standard InChI is InChI=1S/C14H22ClN3O.HI/c1-3-9-17-14(16-4-2)18-10-13(19)11-5-7-12(15)8-6-11;/h5-8,13,19H,3-4,9-10H2,1-2H3,(H2,16,17,18);1H. The molecular formula is C14H23ClIN3O. The number of benzene rings is 1. The molecule has 1 aromatic rings. The van der Waals surface area contributed by atoms with Crippen LogP contribution >= 0.6 is 35.6 Å². The molecule has 0 saturated carbocycles. The summed E-state index contributed by atoms with van der Waals surface area (Å²) >= 11 is 5.81. The number of rotatable bonds is 6. The Balaban J connectivity index is 0.00000361. The van der Waals surface area contributed by atoms with Gasteiger partial charge in [0.1, 0.15) is 0 Å². The van der Waals surface area contributed by atoms with Gasteiger partial charge in [0.25, 0.3) is 0 Å². The zero-order chi connectivity index (χ0) is 14.1. The molecular weight excluding hydrogens is 389 g/mol. The molecule has 0 bridgehead atoms. The molecule has 0 aliphatic heterocycles. The van der Waals surface area contributed by atoms with Crippen LogP contribution in [0.15, 0.2) is 29.3 Å². The molecule has 20 heavy (non-hydrogen) atoms. The Morgan fingerprint density at radius 1 is 1.25 bits per heavy atom. The molecule has 6 heteroatoms. The molecule has 0 heterocycles. The first-order valence-corrected chi connectivity index (χ1v) is 7.00. The number of aliphatic imine (C=N–C) groups is 1. The molecule has 0 fully saturated rings. The minimum Gasteiger partial charge on any atom is -0.386 e. The van der Waals surface area contributed by atoms with Gasteiger partial charge in [-0.3, -0.25) is 4.99 Å². The molecule has 3 N–H and O–H groups in total. The molecule has 4 nitrogen and oxygen atoms in total. The first-order chi connectivity index (χ1) is 9.17. The van der Waals surface area contributed by atoms with Gasteiger partial charge in [0.05, 0.1) is 12.6 Å². The van der Waals surface area contributed by atoms with E-state index in [2.05, 4.69) is 22.5 Å². The second-order valence-corrected chi connectivity index (χ2v) is 4.65. The fourth-order valence-electron chi connectivity index (χ4n) is 1.55. The molecule has 0 amide bonds. The molecule has 0 aliphatic rings. The summed E-state index contributed by atoms with van der Waals surface area (Å²) in [5.74, 6) is 0.734. The summed E-state index contributed by atoms with van der Waals surface area (Å²) in [6.07, 6.45) is 0.416. The molecule has 1 atom stereocenters. The molecule has 114 valence electrons. The van der Waals surface area contributed by atoms with E-state index in [1.807, 2.05) is 19.1 Å². The second-order valence-electron chi connectivity index (χ2n) is 4.21. The molecule has 1 aromatic carbocycles. The van der Waals surface area contributed by atoms with Crippen molar-refractivity contribution in [2.24, 2.45) is 4.99 Å². The van der Waals surface area contributed by atoms with E-state index in [0.29, 0.717) is 11.6 Å². The third kappa shape index (κ3) is 7.31. The number of aliphatic hydroxyl groups excluding tert-OH is 1. The highest BCUT2D eigenvalue weighted by atomic mass is 127. The van der Waals surface area contributed by atoms with Crippen LogP contribution in [0.2, 0.25) is 5.02 Å². The van der Waals surface area contributed by atoms with Crippen LogP contribution < -0.4 is 10.6 Å². The van der Waals surface area contributed by atoms with Gasteiger partial charge >= 0.3 is 0 Å². The van der Waals surface area contributed by atoms with Gasteiger partial charge in [-0.1, -0.05) is 30.7 Å². The van der Waals surface area contributed by atoms with Crippen LogP contribution in [0.5, 0.6) is 0 Å². The lowest BCUT2D eigenvalue weighted by Crippen LogP contribution is -2.37. The van der Waals surface area contributed by atoms with Crippen molar-refractivity contribution in [3.8, 4) is 0 Å². The largest absolute Gasteiger partial charge is 0.386 e. The SMILES string of the molecule is CCCNC(=NCC(O)c1ccc(Cl)cc1)NCC.I. The van der Waals surface area contributed by atoms with E-state index in [1.54, 1.807) is 12.1 Å². The number of guanidine groups is 1. The summed E-state index contributed by atoms with van der Waals surface area (Å²) in [5, 5.41) is 17.0. The summed E-state index contributed by atoms with van der Waals surface area (Å²) in [5.41, 5.74) is 0.819. The van der Waals surface area contributed by atoms with E-state index in [4.69, 9.17) is 11.6 Å². The minimum atomic E-state index is -0.616. The predicted molar refractivity (Wildman–Crippen MR) is 96.1 cm³/mol. The third-order valence-electron chi connectivity index (χ3n) is 2.56. The number of hydrogen-bond acceptors (Lipinski definition) is 2. The van der Waals surface area contributed by atoms with Crippen LogP contribution in [0.4, 0.5) is 0 Å². The van der Waals surface area contributed by atoms with Gasteiger partial charge in [0.15, 0.2) is 5.96 Å². The van der Waals surface area contributed by atoms with Crippen molar-refractivity contribution in [1.29, 1.82) is 0 Å². The van der Waals surface area contributed by atoms with Crippen LogP contribution in [0.1, 0.15) is 31.9 Å². The van der Waals surface area contributed by atoms with Crippen molar-refractivity contribution in [2.75, 3.05) is 19.6 Å². The second kappa shape index (κ2) is 11.2. The molecule has 0 aromatic heterocycles. The Hall–Kier alpha value is -0.530. The lowest BCUT2D eigenvalue weighted by atomic mass is 10.1. The van der Waals surface area contributed by atoms with E-state index in [0.717, 1.165) is 31.0 Å². The lowest BCUT2D eigenvalue weighted by Gasteiger charge is -2.12. The van der Waals surface area contributed by atoms with E-state index in [-0.39, 0.29) is 24.0 Å². The summed E-state index contributed by atoms with van der Waals surface area (Å²) in [6.45, 7) is 6.09. The highest BCUT2D eigenvalue weighted by Crippen LogP contribution is 2.16. The number of halogens is 2. The Morgan fingerprint density at radius 2 is 1.90 bits per heavy atom. The number of nitrogens with zero attached hydrogens (tertiary/aromatic N) is 1. The zero-order valence-electron chi connectivity index (χ0n) is 11.9. The van der Waals surface area contributed by atoms with E-state index in [9.17, 15) is 5.11 Å². The van der Waals surface area contributed by atoms with Crippen molar-refractivity contribution >= 4 is 41.5 Å². The average Bonchev–Trinajstić information content (AvgIpc) is 2.42. The predicted octanol–water partition coefficient (Wildman–Crippen LogP) is 2.96. The van der Waals surface area contributed by atoms with Gasteiger partial charge in [-0.05, 0) is 31.0 Å². The molecule has 1 unspecified atom stereocenters. The molecule has 0 saturated heterocycles. The van der Waals surface area contributed by atoms with E-state index < -0.39 is 6.10 Å². The number of hydrogen-bond donors (Lipinski definition) is 3. The number of nitrogens with one attached hydrogen (secondary N) is 2. The van der Waals surface area contributed by atoms with E-state index in [1.165, 1.54) is 0 Å². The summed E-state index contributed by atoms with van der Waals surface area (Å²) < 4.78 is 0. The topological polar surface area (TPSA) is 56.7 Å². The number of aliphatic hydroxyl groups is 1. The Bertz CT molecular complexity index is 398. The Morgan fingerprint density at radius 3 is 2.45 bits per heavy atom. The first kappa shape index (κ1) is 19.5. The van der Waals surface area contributed by atoms with Crippen molar-refractivity contribution in [3.63, 3.8) is 0 Å². The maximum Gasteiger partial charge on any atom is 0.191 e. The summed E-state index contributed by atoms with van der Waals surface area (Å²) in [7, 11) is 0. The molecule has 0 radical (unpaired) electrons. The summed E-state index contributed by atoms with van der Waals surface area (Å²) in [4.78, 5) is 4.36. The maximum atomic E-state index is 10.0. The van der Waals surface area contributed by atoms with Crippen molar-refractivity contribution in [1.82, 2.24) is 10.6 Å². The fraction of sp³-hybridized carbons (Fsp3) is 0.500. The average molecular weight is 412 g/mol. The van der Waals surface area contributed by atoms with Crippen LogP contribution in [0, 0.1) is 0 Å². The Labute approximate surface area is 143 Å². The van der Waals surface area contributed by atoms with Gasteiger partial charge in [-0.25, -0.2) is 0 Å². The van der Waals surface area contributed by atoms with Gasteiger partial charge in [0.2, 0.25) is 0 Å². The van der Waals surface area contributed by atoms with Crippen molar-refractivity contribution in [2.45, 2.75) is 26.4 Å². The fourth-order valence-corrected chi connectivity index (χ4v) is 1.68. The van der Waals surface area contributed by atoms with Crippen LogP contribution in [-0.4, -0.2) is 30.7 Å². The highest BCUT2D eigenvalue weighted by molar-refractivity contribution is 14.0.